The first-order chi connectivity index (χ1) is 15.7. The lowest BCUT2D eigenvalue weighted by atomic mass is 10.0. The molecule has 32 heavy (non-hydrogen) atoms. The highest BCUT2D eigenvalue weighted by Gasteiger charge is 2.24. The Morgan fingerprint density at radius 3 is 2.59 bits per heavy atom. The monoisotopic (exact) mass is 438 g/mol. The summed E-state index contributed by atoms with van der Waals surface area (Å²) in [5.74, 6) is 2.42. The van der Waals surface area contributed by atoms with E-state index in [9.17, 15) is 0 Å². The molecule has 8 heteroatoms. The number of anilines is 2. The fraction of sp³-hybridized carbons (Fsp3) is 0.583. The van der Waals surface area contributed by atoms with Gasteiger partial charge < -0.3 is 20.1 Å². The van der Waals surface area contributed by atoms with Gasteiger partial charge in [-0.3, -0.25) is 9.80 Å². The standard InChI is InChI=1S/C24H34N6O2/c1-31-22-5-4-18(14-19(22)16-28-10-12-32-13-11-28)15-29-9-6-20-21(17-29)26-24(27-23(20)25)30-7-2-3-8-30/h4-5,14H,2-3,6-13,15-17H2,1H3,(H2,25,26,27). The molecule has 1 aromatic carbocycles. The highest BCUT2D eigenvalue weighted by atomic mass is 16.5. The van der Waals surface area contributed by atoms with Crippen molar-refractivity contribution in [2.45, 2.75) is 38.9 Å². The molecule has 0 atom stereocenters. The van der Waals surface area contributed by atoms with E-state index in [1.165, 1.54) is 24.0 Å². The number of nitrogens with zero attached hydrogens (tertiary/aromatic N) is 5. The SMILES string of the molecule is COc1ccc(CN2CCc3c(N)nc(N4CCCC4)nc3C2)cc1CN1CCOCC1. The summed E-state index contributed by atoms with van der Waals surface area (Å²) in [5.41, 5.74) is 11.1. The Morgan fingerprint density at radius 2 is 1.81 bits per heavy atom. The molecule has 1 aromatic heterocycles. The normalized spacial score (nSPS) is 19.8. The molecule has 0 spiro atoms. The Balaban J connectivity index is 1.30. The molecule has 5 rings (SSSR count). The largest absolute Gasteiger partial charge is 0.496 e. The van der Waals surface area contributed by atoms with Crippen molar-refractivity contribution in [3.63, 3.8) is 0 Å². The molecule has 2 N–H and O–H groups in total. The Kier molecular flexibility index (Phi) is 6.43. The second-order valence-corrected chi connectivity index (χ2v) is 9.02. The minimum atomic E-state index is 0.661. The van der Waals surface area contributed by atoms with Gasteiger partial charge in [0.2, 0.25) is 5.95 Å². The van der Waals surface area contributed by atoms with Crippen LogP contribution in [0, 0.1) is 0 Å². The van der Waals surface area contributed by atoms with Gasteiger partial charge >= 0.3 is 0 Å². The van der Waals surface area contributed by atoms with E-state index in [2.05, 4.69) is 37.9 Å². The number of methoxy groups -OCH3 is 1. The number of morpholine rings is 1. The molecule has 2 aromatic rings. The van der Waals surface area contributed by atoms with Crippen molar-refractivity contribution in [1.29, 1.82) is 0 Å². The maximum absolute atomic E-state index is 6.32. The van der Waals surface area contributed by atoms with E-state index in [0.717, 1.165) is 94.9 Å². The summed E-state index contributed by atoms with van der Waals surface area (Å²) >= 11 is 0. The van der Waals surface area contributed by atoms with Gasteiger partial charge in [0.15, 0.2) is 0 Å². The van der Waals surface area contributed by atoms with Crippen LogP contribution >= 0.6 is 0 Å². The Bertz CT molecular complexity index is 940. The number of hydrogen-bond donors (Lipinski definition) is 1. The Hall–Kier alpha value is -2.42. The lowest BCUT2D eigenvalue weighted by Gasteiger charge is -2.30. The smallest absolute Gasteiger partial charge is 0.227 e. The molecule has 8 nitrogen and oxygen atoms in total. The van der Waals surface area contributed by atoms with Crippen LogP contribution in [0.2, 0.25) is 0 Å². The number of rotatable bonds is 6. The highest BCUT2D eigenvalue weighted by molar-refractivity contribution is 5.49. The van der Waals surface area contributed by atoms with Crippen LogP contribution in [0.15, 0.2) is 18.2 Å². The molecular weight excluding hydrogens is 404 g/mol. The van der Waals surface area contributed by atoms with Crippen LogP contribution in [-0.2, 0) is 30.8 Å². The third-order valence-electron chi connectivity index (χ3n) is 6.80. The van der Waals surface area contributed by atoms with Gasteiger partial charge in [0.05, 0.1) is 26.0 Å². The zero-order valence-corrected chi connectivity index (χ0v) is 19.1. The van der Waals surface area contributed by atoms with Crippen LogP contribution in [0.3, 0.4) is 0 Å². The van der Waals surface area contributed by atoms with E-state index in [1.54, 1.807) is 7.11 Å². The van der Waals surface area contributed by atoms with E-state index < -0.39 is 0 Å². The van der Waals surface area contributed by atoms with E-state index in [-0.39, 0.29) is 0 Å². The van der Waals surface area contributed by atoms with Gasteiger partial charge in [-0.15, -0.1) is 0 Å². The fourth-order valence-corrected chi connectivity index (χ4v) is 5.01. The molecule has 2 saturated heterocycles. The quantitative estimate of drug-likeness (QED) is 0.734. The predicted molar refractivity (Wildman–Crippen MR) is 125 cm³/mol. The number of ether oxygens (including phenoxy) is 2. The lowest BCUT2D eigenvalue weighted by molar-refractivity contribution is 0.0338. The molecule has 3 aliphatic heterocycles. The molecule has 0 aliphatic carbocycles. The van der Waals surface area contributed by atoms with Crippen LogP contribution in [0.25, 0.3) is 0 Å². The van der Waals surface area contributed by atoms with Crippen molar-refractivity contribution >= 4 is 11.8 Å². The van der Waals surface area contributed by atoms with Crippen LogP contribution in [0.1, 0.15) is 35.2 Å². The van der Waals surface area contributed by atoms with Crippen molar-refractivity contribution < 1.29 is 9.47 Å². The average molecular weight is 439 g/mol. The molecule has 0 unspecified atom stereocenters. The number of fused-ring (bicyclic) bond motifs is 1. The van der Waals surface area contributed by atoms with Gasteiger partial charge in [-0.2, -0.15) is 4.98 Å². The molecule has 0 saturated carbocycles. The second kappa shape index (κ2) is 9.60. The maximum atomic E-state index is 6.32. The van der Waals surface area contributed by atoms with Crippen LogP contribution in [-0.4, -0.2) is 72.8 Å². The van der Waals surface area contributed by atoms with Crippen LogP contribution in [0.5, 0.6) is 5.75 Å². The fourth-order valence-electron chi connectivity index (χ4n) is 5.01. The minimum Gasteiger partial charge on any atom is -0.496 e. The topological polar surface area (TPSA) is 80.0 Å². The van der Waals surface area contributed by atoms with Crippen LogP contribution in [0.4, 0.5) is 11.8 Å². The first-order valence-corrected chi connectivity index (χ1v) is 11.8. The molecule has 3 aliphatic rings. The zero-order chi connectivity index (χ0) is 21.9. The second-order valence-electron chi connectivity index (χ2n) is 9.02. The predicted octanol–water partition coefficient (Wildman–Crippen LogP) is 2.06. The molecule has 0 radical (unpaired) electrons. The van der Waals surface area contributed by atoms with Gasteiger partial charge in [-0.25, -0.2) is 4.98 Å². The maximum Gasteiger partial charge on any atom is 0.227 e. The van der Waals surface area contributed by atoms with Crippen molar-refractivity contribution in [2.24, 2.45) is 0 Å². The summed E-state index contributed by atoms with van der Waals surface area (Å²) < 4.78 is 11.1. The van der Waals surface area contributed by atoms with E-state index >= 15 is 0 Å². The van der Waals surface area contributed by atoms with Gasteiger partial charge in [-0.05, 0) is 37.0 Å². The number of hydrogen-bond acceptors (Lipinski definition) is 8. The van der Waals surface area contributed by atoms with E-state index in [0.29, 0.717) is 5.82 Å². The van der Waals surface area contributed by atoms with Crippen molar-refractivity contribution in [3.05, 3.63) is 40.6 Å². The number of nitrogen functional groups attached to an aromatic ring is 1. The molecule has 4 heterocycles. The van der Waals surface area contributed by atoms with E-state index in [1.807, 2.05) is 0 Å². The number of aromatic nitrogens is 2. The van der Waals surface area contributed by atoms with Crippen LogP contribution < -0.4 is 15.4 Å². The minimum absolute atomic E-state index is 0.661. The summed E-state index contributed by atoms with van der Waals surface area (Å²) in [6, 6.07) is 6.59. The summed E-state index contributed by atoms with van der Waals surface area (Å²) in [6.45, 7) is 9.17. The number of nitrogens with two attached hydrogens (primary N) is 1. The Morgan fingerprint density at radius 1 is 1.00 bits per heavy atom. The van der Waals surface area contributed by atoms with Crippen molar-refractivity contribution in [1.82, 2.24) is 19.8 Å². The van der Waals surface area contributed by atoms with Gasteiger partial charge in [-0.1, -0.05) is 6.07 Å². The highest BCUT2D eigenvalue weighted by Crippen LogP contribution is 2.28. The number of benzene rings is 1. The average Bonchev–Trinajstić information content (AvgIpc) is 3.35. The summed E-state index contributed by atoms with van der Waals surface area (Å²) in [5, 5.41) is 0. The van der Waals surface area contributed by atoms with E-state index in [4.69, 9.17) is 20.2 Å². The molecular formula is C24H34N6O2. The molecule has 0 amide bonds. The first kappa shape index (κ1) is 21.4. The first-order valence-electron chi connectivity index (χ1n) is 11.8. The molecule has 0 bridgehead atoms. The van der Waals surface area contributed by atoms with Gasteiger partial charge in [0, 0.05) is 63.5 Å². The molecule has 2 fully saturated rings. The van der Waals surface area contributed by atoms with Crippen molar-refractivity contribution in [2.75, 3.05) is 63.7 Å². The summed E-state index contributed by atoms with van der Waals surface area (Å²) in [4.78, 5) is 16.7. The van der Waals surface area contributed by atoms with Gasteiger partial charge in [0.25, 0.3) is 0 Å². The zero-order valence-electron chi connectivity index (χ0n) is 19.1. The van der Waals surface area contributed by atoms with Crippen molar-refractivity contribution in [3.8, 4) is 5.75 Å². The summed E-state index contributed by atoms with van der Waals surface area (Å²) in [7, 11) is 1.75. The van der Waals surface area contributed by atoms with Gasteiger partial charge in [0.1, 0.15) is 11.6 Å². The third-order valence-corrected chi connectivity index (χ3v) is 6.80. The third kappa shape index (κ3) is 4.67. The summed E-state index contributed by atoms with van der Waals surface area (Å²) in [6.07, 6.45) is 3.31. The Labute approximate surface area is 190 Å². The lowest BCUT2D eigenvalue weighted by Crippen LogP contribution is -2.35. The molecule has 172 valence electrons.